The summed E-state index contributed by atoms with van der Waals surface area (Å²) in [6.07, 6.45) is 1.68. The Morgan fingerprint density at radius 3 is 2.47 bits per heavy atom. The number of hydrazone groups is 1. The van der Waals surface area contributed by atoms with Crippen LogP contribution >= 0.6 is 0 Å². The highest BCUT2D eigenvalue weighted by atomic mass is 32.2. The molecule has 0 amide bonds. The van der Waals surface area contributed by atoms with Gasteiger partial charge in [0.05, 0.1) is 35.6 Å². The summed E-state index contributed by atoms with van der Waals surface area (Å²) in [5.74, 6) is -0.982. The van der Waals surface area contributed by atoms with Crippen LogP contribution in [0.2, 0.25) is 0 Å². The molecule has 0 spiro atoms. The third kappa shape index (κ3) is 4.89. The van der Waals surface area contributed by atoms with Gasteiger partial charge in [-0.2, -0.15) is 9.41 Å². The number of aromatic carboxylic acids is 1. The molecule has 1 aliphatic heterocycles. The predicted octanol–water partition coefficient (Wildman–Crippen LogP) is 3.26. The average molecular weight is 483 g/mol. The van der Waals surface area contributed by atoms with Gasteiger partial charge >= 0.3 is 5.97 Å². The van der Waals surface area contributed by atoms with E-state index < -0.39 is 16.0 Å². The molecule has 178 valence electrons. The van der Waals surface area contributed by atoms with Crippen molar-refractivity contribution in [2.45, 2.75) is 18.7 Å². The first-order valence-electron chi connectivity index (χ1n) is 10.8. The van der Waals surface area contributed by atoms with Crippen LogP contribution in [0.25, 0.3) is 5.69 Å². The Labute approximate surface area is 198 Å². The van der Waals surface area contributed by atoms with Crippen molar-refractivity contribution in [2.24, 2.45) is 5.10 Å². The van der Waals surface area contributed by atoms with Crippen molar-refractivity contribution >= 4 is 27.9 Å². The molecule has 2 aromatic carbocycles. The largest absolute Gasteiger partial charge is 0.478 e. The number of nitrogens with zero attached hydrogens (tertiary/aromatic N) is 3. The molecule has 3 aromatic rings. The Balaban J connectivity index is 1.56. The maximum Gasteiger partial charge on any atom is 0.335 e. The van der Waals surface area contributed by atoms with Crippen molar-refractivity contribution in [2.75, 3.05) is 31.7 Å². The lowest BCUT2D eigenvalue weighted by Crippen LogP contribution is -2.40. The maximum atomic E-state index is 13.1. The Bertz CT molecular complexity index is 1320. The van der Waals surface area contributed by atoms with Gasteiger partial charge in [0.25, 0.3) is 0 Å². The van der Waals surface area contributed by atoms with Gasteiger partial charge in [0.2, 0.25) is 10.0 Å². The molecule has 0 bridgehead atoms. The van der Waals surface area contributed by atoms with E-state index in [9.17, 15) is 13.2 Å². The fourth-order valence-electron chi connectivity index (χ4n) is 3.90. The van der Waals surface area contributed by atoms with Gasteiger partial charge in [0.1, 0.15) is 0 Å². The number of aromatic nitrogens is 1. The van der Waals surface area contributed by atoms with Crippen LogP contribution in [0.3, 0.4) is 0 Å². The summed E-state index contributed by atoms with van der Waals surface area (Å²) in [5.41, 5.74) is 7.22. The van der Waals surface area contributed by atoms with E-state index in [2.05, 4.69) is 10.5 Å². The Hall–Kier alpha value is -3.47. The second-order valence-electron chi connectivity index (χ2n) is 7.93. The van der Waals surface area contributed by atoms with E-state index in [1.165, 1.54) is 16.4 Å². The number of carbonyl (C=O) groups is 1. The lowest BCUT2D eigenvalue weighted by Gasteiger charge is -2.26. The highest BCUT2D eigenvalue weighted by molar-refractivity contribution is 7.89. The first-order chi connectivity index (χ1) is 16.3. The number of morpholine rings is 1. The molecule has 0 unspecified atom stereocenters. The highest BCUT2D eigenvalue weighted by Gasteiger charge is 2.26. The van der Waals surface area contributed by atoms with E-state index in [-0.39, 0.29) is 10.5 Å². The first-order valence-corrected chi connectivity index (χ1v) is 12.2. The van der Waals surface area contributed by atoms with Gasteiger partial charge in [0.15, 0.2) is 0 Å². The summed E-state index contributed by atoms with van der Waals surface area (Å²) in [6, 6.07) is 15.2. The Kier molecular flexibility index (Phi) is 6.82. The number of benzene rings is 2. The van der Waals surface area contributed by atoms with Gasteiger partial charge in [-0.25, -0.2) is 13.2 Å². The second kappa shape index (κ2) is 9.80. The van der Waals surface area contributed by atoms with Crippen molar-refractivity contribution in [1.29, 1.82) is 0 Å². The van der Waals surface area contributed by atoms with Gasteiger partial charge in [0, 0.05) is 35.7 Å². The zero-order chi connectivity index (χ0) is 24.3. The zero-order valence-corrected chi connectivity index (χ0v) is 19.7. The number of hydrogen-bond acceptors (Lipinski definition) is 6. The molecule has 9 nitrogen and oxygen atoms in total. The van der Waals surface area contributed by atoms with Crippen molar-refractivity contribution in [3.05, 3.63) is 77.1 Å². The number of aryl methyl sites for hydroxylation is 1. The number of nitrogens with one attached hydrogen (secondary N) is 1. The van der Waals surface area contributed by atoms with Crippen LogP contribution in [0.4, 0.5) is 5.69 Å². The van der Waals surface area contributed by atoms with Gasteiger partial charge in [-0.05, 0) is 62.4 Å². The van der Waals surface area contributed by atoms with E-state index in [1.54, 1.807) is 36.5 Å². The number of rotatable bonds is 7. The fraction of sp³-hybridized carbons (Fsp3) is 0.250. The Morgan fingerprint density at radius 1 is 1.09 bits per heavy atom. The molecule has 0 aliphatic carbocycles. The minimum Gasteiger partial charge on any atom is -0.478 e. The number of sulfonamides is 1. The molecule has 10 heteroatoms. The van der Waals surface area contributed by atoms with Gasteiger partial charge in [-0.1, -0.05) is 6.07 Å². The number of hydrogen-bond donors (Lipinski definition) is 2. The number of anilines is 1. The topological polar surface area (TPSA) is 113 Å². The third-order valence-electron chi connectivity index (χ3n) is 5.68. The molecule has 0 saturated carbocycles. The average Bonchev–Trinajstić information content (AvgIpc) is 3.12. The van der Waals surface area contributed by atoms with E-state index in [0.717, 1.165) is 22.6 Å². The molecule has 0 radical (unpaired) electrons. The molecule has 2 N–H and O–H groups in total. The molecule has 1 aliphatic rings. The SMILES string of the molecule is Cc1cc(/C=N/Nc2ccc(C(=O)O)cc2)c(C)n1-c1cccc(S(=O)(=O)N2CCOCC2)c1. The summed E-state index contributed by atoms with van der Waals surface area (Å²) in [6.45, 7) is 5.39. The lowest BCUT2D eigenvalue weighted by molar-refractivity contribution is 0.0697. The van der Waals surface area contributed by atoms with Gasteiger partial charge < -0.3 is 14.4 Å². The summed E-state index contributed by atoms with van der Waals surface area (Å²) >= 11 is 0. The van der Waals surface area contributed by atoms with Crippen molar-refractivity contribution in [1.82, 2.24) is 8.87 Å². The first kappa shape index (κ1) is 23.7. The van der Waals surface area contributed by atoms with Crippen LogP contribution in [0.15, 0.2) is 64.6 Å². The van der Waals surface area contributed by atoms with Crippen LogP contribution < -0.4 is 5.43 Å². The highest BCUT2D eigenvalue weighted by Crippen LogP contribution is 2.24. The van der Waals surface area contributed by atoms with Gasteiger partial charge in [-0.15, -0.1) is 0 Å². The van der Waals surface area contributed by atoms with E-state index >= 15 is 0 Å². The van der Waals surface area contributed by atoms with Crippen LogP contribution in [0.5, 0.6) is 0 Å². The standard InChI is InChI=1S/C24H26N4O5S/c1-17-14-20(16-25-26-21-8-6-19(7-9-21)24(29)30)18(2)28(17)22-4-3-5-23(15-22)34(31,32)27-10-12-33-13-11-27/h3-9,14-16,26H,10-13H2,1-2H3,(H,29,30)/b25-16+. The third-order valence-corrected chi connectivity index (χ3v) is 7.58. The molecule has 1 aromatic heterocycles. The van der Waals surface area contributed by atoms with Crippen molar-refractivity contribution in [3.8, 4) is 5.69 Å². The molecular weight excluding hydrogens is 456 g/mol. The molecular formula is C24H26N4O5S. The second-order valence-corrected chi connectivity index (χ2v) is 9.87. The van der Waals surface area contributed by atoms with E-state index in [1.807, 2.05) is 30.5 Å². The predicted molar refractivity (Wildman–Crippen MR) is 129 cm³/mol. The molecule has 34 heavy (non-hydrogen) atoms. The Morgan fingerprint density at radius 2 is 1.79 bits per heavy atom. The molecule has 0 atom stereocenters. The van der Waals surface area contributed by atoms with E-state index in [0.29, 0.717) is 32.0 Å². The fourth-order valence-corrected chi connectivity index (χ4v) is 5.35. The summed E-state index contributed by atoms with van der Waals surface area (Å²) in [4.78, 5) is 11.2. The van der Waals surface area contributed by atoms with Crippen LogP contribution in [0.1, 0.15) is 27.3 Å². The van der Waals surface area contributed by atoms with Crippen LogP contribution in [0, 0.1) is 13.8 Å². The molecule has 1 fully saturated rings. The maximum absolute atomic E-state index is 13.1. The van der Waals surface area contributed by atoms with Crippen molar-refractivity contribution < 1.29 is 23.1 Å². The van der Waals surface area contributed by atoms with Crippen LogP contribution in [-0.2, 0) is 14.8 Å². The van der Waals surface area contributed by atoms with Crippen molar-refractivity contribution in [3.63, 3.8) is 0 Å². The molecule has 1 saturated heterocycles. The quantitative estimate of drug-likeness (QED) is 0.395. The summed E-state index contributed by atoms with van der Waals surface area (Å²) < 4.78 is 34.9. The summed E-state index contributed by atoms with van der Waals surface area (Å²) in [5, 5.41) is 13.3. The minimum atomic E-state index is -3.60. The molecule has 4 rings (SSSR count). The smallest absolute Gasteiger partial charge is 0.335 e. The minimum absolute atomic E-state index is 0.205. The monoisotopic (exact) mass is 482 g/mol. The zero-order valence-electron chi connectivity index (χ0n) is 18.9. The number of carboxylic acid groups (broad SMARTS) is 1. The van der Waals surface area contributed by atoms with Gasteiger partial charge in [-0.3, -0.25) is 5.43 Å². The number of carboxylic acids is 1. The lowest BCUT2D eigenvalue weighted by atomic mass is 10.2. The molecule has 2 heterocycles. The van der Waals surface area contributed by atoms with Crippen LogP contribution in [-0.4, -0.2) is 60.9 Å². The van der Waals surface area contributed by atoms with E-state index in [4.69, 9.17) is 9.84 Å². The normalized spacial score (nSPS) is 15.0. The number of ether oxygens (including phenoxy) is 1. The summed E-state index contributed by atoms with van der Waals surface area (Å²) in [7, 11) is -3.60.